The van der Waals surface area contributed by atoms with Crippen LogP contribution in [0.4, 0.5) is 0 Å². The minimum absolute atomic E-state index is 0.347. The van der Waals surface area contributed by atoms with Crippen molar-refractivity contribution in [2.24, 2.45) is 28.9 Å². The lowest BCUT2D eigenvalue weighted by atomic mass is 9.61. The molecule has 0 amide bonds. The van der Waals surface area contributed by atoms with Crippen LogP contribution in [0.5, 0.6) is 0 Å². The summed E-state index contributed by atoms with van der Waals surface area (Å²) >= 11 is 0. The van der Waals surface area contributed by atoms with Gasteiger partial charge in [0.05, 0.1) is 6.61 Å². The average Bonchev–Trinajstić information content (AvgIpc) is 3.17. The van der Waals surface area contributed by atoms with Crippen LogP contribution in [0.3, 0.4) is 0 Å². The van der Waals surface area contributed by atoms with E-state index >= 15 is 0 Å². The Balaban J connectivity index is 1.61. The van der Waals surface area contributed by atoms with E-state index in [9.17, 15) is 0 Å². The molecule has 3 heteroatoms. The van der Waals surface area contributed by atoms with Gasteiger partial charge in [0.15, 0.2) is 0 Å². The molecule has 112 valence electrons. The molecule has 0 aromatic rings. The molecule has 2 rings (SSSR count). The lowest BCUT2D eigenvalue weighted by Crippen LogP contribution is -2.49. The van der Waals surface area contributed by atoms with E-state index in [2.05, 4.69) is 26.1 Å². The van der Waals surface area contributed by atoms with Gasteiger partial charge in [0.2, 0.25) is 0 Å². The number of hydrogen-bond donors (Lipinski definition) is 2. The fourth-order valence-corrected chi connectivity index (χ4v) is 3.26. The number of nitrogens with one attached hydrogen (secondary N) is 1. The molecule has 2 fully saturated rings. The van der Waals surface area contributed by atoms with Gasteiger partial charge < -0.3 is 15.8 Å². The number of rotatable bonds is 7. The van der Waals surface area contributed by atoms with Gasteiger partial charge in [-0.05, 0) is 55.4 Å². The van der Waals surface area contributed by atoms with E-state index in [0.717, 1.165) is 38.1 Å². The van der Waals surface area contributed by atoms with Crippen molar-refractivity contribution in [3.8, 4) is 0 Å². The van der Waals surface area contributed by atoms with Crippen molar-refractivity contribution in [1.82, 2.24) is 5.32 Å². The highest BCUT2D eigenvalue weighted by molar-refractivity contribution is 4.94. The molecule has 2 aliphatic rings. The molecular weight excluding hydrogens is 236 g/mol. The molecule has 2 saturated carbocycles. The predicted molar refractivity (Wildman–Crippen MR) is 80.1 cm³/mol. The maximum absolute atomic E-state index is 6.20. The molecule has 0 aliphatic heterocycles. The molecule has 3 atom stereocenters. The van der Waals surface area contributed by atoms with E-state index in [0.29, 0.717) is 17.4 Å². The zero-order chi connectivity index (χ0) is 13.9. The molecule has 0 spiro atoms. The third kappa shape index (κ3) is 4.17. The first-order valence-corrected chi connectivity index (χ1v) is 8.06. The molecule has 0 aromatic heterocycles. The van der Waals surface area contributed by atoms with Gasteiger partial charge in [0.25, 0.3) is 0 Å². The fraction of sp³-hybridized carbons (Fsp3) is 1.00. The van der Waals surface area contributed by atoms with Gasteiger partial charge in [0, 0.05) is 19.2 Å². The second kappa shape index (κ2) is 6.55. The summed E-state index contributed by atoms with van der Waals surface area (Å²) in [6.45, 7) is 11.0. The topological polar surface area (TPSA) is 47.3 Å². The van der Waals surface area contributed by atoms with Crippen LogP contribution in [-0.2, 0) is 4.74 Å². The van der Waals surface area contributed by atoms with Gasteiger partial charge >= 0.3 is 0 Å². The first kappa shape index (κ1) is 15.3. The minimum Gasteiger partial charge on any atom is -0.380 e. The van der Waals surface area contributed by atoms with E-state index in [1.165, 1.54) is 25.7 Å². The Bertz CT molecular complexity index is 276. The van der Waals surface area contributed by atoms with Crippen LogP contribution in [0.15, 0.2) is 0 Å². The predicted octanol–water partition coefficient (Wildman–Crippen LogP) is 2.40. The van der Waals surface area contributed by atoms with Crippen molar-refractivity contribution in [3.05, 3.63) is 0 Å². The molecule has 0 saturated heterocycles. The zero-order valence-corrected chi connectivity index (χ0v) is 13.0. The van der Waals surface area contributed by atoms with Gasteiger partial charge in [-0.15, -0.1) is 0 Å². The normalized spacial score (nSPS) is 34.4. The second-order valence-electron chi connectivity index (χ2n) is 7.27. The maximum atomic E-state index is 6.20. The summed E-state index contributed by atoms with van der Waals surface area (Å²) in [4.78, 5) is 0. The summed E-state index contributed by atoms with van der Waals surface area (Å²) < 4.78 is 5.65. The van der Waals surface area contributed by atoms with Crippen molar-refractivity contribution >= 4 is 0 Å². The Morgan fingerprint density at radius 2 is 1.95 bits per heavy atom. The van der Waals surface area contributed by atoms with E-state index in [1.807, 2.05) is 0 Å². The second-order valence-corrected chi connectivity index (χ2v) is 7.27. The number of hydrogen-bond acceptors (Lipinski definition) is 3. The lowest BCUT2D eigenvalue weighted by Gasteiger charge is -2.47. The van der Waals surface area contributed by atoms with Crippen molar-refractivity contribution in [2.45, 2.75) is 52.5 Å². The van der Waals surface area contributed by atoms with Gasteiger partial charge in [-0.1, -0.05) is 20.8 Å². The number of nitrogens with two attached hydrogens (primary N) is 1. The molecule has 0 bridgehead atoms. The Hall–Kier alpha value is -0.120. The van der Waals surface area contributed by atoms with Crippen LogP contribution >= 0.6 is 0 Å². The highest BCUT2D eigenvalue weighted by atomic mass is 16.5. The molecule has 0 radical (unpaired) electrons. The van der Waals surface area contributed by atoms with Crippen molar-refractivity contribution in [3.63, 3.8) is 0 Å². The Morgan fingerprint density at radius 3 is 2.63 bits per heavy atom. The molecule has 2 aliphatic carbocycles. The lowest BCUT2D eigenvalue weighted by molar-refractivity contribution is 0.0517. The average molecular weight is 268 g/mol. The Labute approximate surface area is 118 Å². The highest BCUT2D eigenvalue weighted by Crippen LogP contribution is 2.43. The standard InChI is InChI=1S/C16H32N2O/c1-12-15(17)7-6-14(16(12,2)3)10-18-8-9-19-11-13-4-5-13/h12-15,18H,4-11,17H2,1-3H3. The summed E-state index contributed by atoms with van der Waals surface area (Å²) in [6, 6.07) is 0.383. The first-order chi connectivity index (χ1) is 9.01. The smallest absolute Gasteiger partial charge is 0.0591 e. The number of ether oxygens (including phenoxy) is 1. The molecule has 3 nitrogen and oxygen atoms in total. The van der Waals surface area contributed by atoms with Crippen LogP contribution in [0.2, 0.25) is 0 Å². The molecule has 0 aromatic carbocycles. The maximum Gasteiger partial charge on any atom is 0.0591 e. The summed E-state index contributed by atoms with van der Waals surface area (Å²) in [7, 11) is 0. The fourth-order valence-electron chi connectivity index (χ4n) is 3.26. The SMILES string of the molecule is CC1C(N)CCC(CNCCOCC2CC2)C1(C)C. The molecule has 3 N–H and O–H groups in total. The van der Waals surface area contributed by atoms with Crippen molar-refractivity contribution < 1.29 is 4.74 Å². The van der Waals surface area contributed by atoms with E-state index in [1.54, 1.807) is 0 Å². The van der Waals surface area contributed by atoms with Crippen LogP contribution in [0, 0.1) is 23.2 Å². The van der Waals surface area contributed by atoms with Crippen LogP contribution in [-0.4, -0.2) is 32.3 Å². The third-order valence-electron chi connectivity index (χ3n) is 5.58. The van der Waals surface area contributed by atoms with Gasteiger partial charge in [-0.25, -0.2) is 0 Å². The Kier molecular flexibility index (Phi) is 5.27. The van der Waals surface area contributed by atoms with Crippen LogP contribution in [0.25, 0.3) is 0 Å². The van der Waals surface area contributed by atoms with Crippen LogP contribution < -0.4 is 11.1 Å². The van der Waals surface area contributed by atoms with Gasteiger partial charge in [0.1, 0.15) is 0 Å². The van der Waals surface area contributed by atoms with E-state index < -0.39 is 0 Å². The Morgan fingerprint density at radius 1 is 1.21 bits per heavy atom. The summed E-state index contributed by atoms with van der Waals surface area (Å²) in [6.07, 6.45) is 5.19. The quantitative estimate of drug-likeness (QED) is 0.697. The zero-order valence-electron chi connectivity index (χ0n) is 13.0. The third-order valence-corrected chi connectivity index (χ3v) is 5.58. The molecule has 19 heavy (non-hydrogen) atoms. The molecule has 3 unspecified atom stereocenters. The summed E-state index contributed by atoms with van der Waals surface area (Å²) in [5, 5.41) is 3.57. The first-order valence-electron chi connectivity index (χ1n) is 8.06. The molecular formula is C16H32N2O. The largest absolute Gasteiger partial charge is 0.380 e. The highest BCUT2D eigenvalue weighted by Gasteiger charge is 2.41. The monoisotopic (exact) mass is 268 g/mol. The van der Waals surface area contributed by atoms with Gasteiger partial charge in [-0.2, -0.15) is 0 Å². The summed E-state index contributed by atoms with van der Waals surface area (Å²) in [5.41, 5.74) is 6.55. The minimum atomic E-state index is 0.347. The van der Waals surface area contributed by atoms with E-state index in [-0.39, 0.29) is 0 Å². The molecule has 0 heterocycles. The van der Waals surface area contributed by atoms with E-state index in [4.69, 9.17) is 10.5 Å². The summed E-state index contributed by atoms with van der Waals surface area (Å²) in [5.74, 6) is 2.23. The van der Waals surface area contributed by atoms with Crippen molar-refractivity contribution in [2.75, 3.05) is 26.3 Å². The van der Waals surface area contributed by atoms with Crippen LogP contribution in [0.1, 0.15) is 46.5 Å². The van der Waals surface area contributed by atoms with Gasteiger partial charge in [-0.3, -0.25) is 0 Å². The van der Waals surface area contributed by atoms with Crippen molar-refractivity contribution in [1.29, 1.82) is 0 Å².